The standard InChI is InChI=1S/C8H10O/c1-8(7-9)5-3-2-4-6-8/h3-7H,2H2,1H3. The number of aldehydes is 1. The Balaban J connectivity index is 2.78. The maximum atomic E-state index is 10.4. The fourth-order valence-electron chi connectivity index (χ4n) is 0.857. The average molecular weight is 122 g/mol. The third kappa shape index (κ3) is 1.28. The Morgan fingerprint density at radius 3 is 2.33 bits per heavy atom. The number of hydrogen-bond acceptors (Lipinski definition) is 1. The summed E-state index contributed by atoms with van der Waals surface area (Å²) in [6.07, 6.45) is 9.80. The Morgan fingerprint density at radius 2 is 2.00 bits per heavy atom. The van der Waals surface area contributed by atoms with Gasteiger partial charge in [0.2, 0.25) is 0 Å². The second-order valence-electron chi connectivity index (χ2n) is 2.52. The molecule has 0 unspecified atom stereocenters. The Morgan fingerprint density at radius 1 is 1.44 bits per heavy atom. The van der Waals surface area contributed by atoms with E-state index in [1.54, 1.807) is 0 Å². The summed E-state index contributed by atoms with van der Waals surface area (Å²) >= 11 is 0. The molecule has 9 heavy (non-hydrogen) atoms. The summed E-state index contributed by atoms with van der Waals surface area (Å²) in [5.41, 5.74) is -0.321. The molecule has 1 heteroatoms. The molecular weight excluding hydrogens is 112 g/mol. The number of allylic oxidation sites excluding steroid dienone is 4. The van der Waals surface area contributed by atoms with Gasteiger partial charge in [-0.1, -0.05) is 24.3 Å². The lowest BCUT2D eigenvalue weighted by atomic mass is 9.88. The van der Waals surface area contributed by atoms with Crippen molar-refractivity contribution >= 4 is 6.29 Å². The molecule has 1 aliphatic carbocycles. The summed E-state index contributed by atoms with van der Waals surface area (Å²) in [4.78, 5) is 10.4. The molecule has 1 rings (SSSR count). The monoisotopic (exact) mass is 122 g/mol. The van der Waals surface area contributed by atoms with Crippen LogP contribution in [0.15, 0.2) is 24.3 Å². The Kier molecular flexibility index (Phi) is 1.52. The van der Waals surface area contributed by atoms with E-state index in [0.29, 0.717) is 0 Å². The number of carbonyl (C=O) groups excluding carboxylic acids is 1. The maximum absolute atomic E-state index is 10.4. The molecule has 0 amide bonds. The highest BCUT2D eigenvalue weighted by atomic mass is 16.1. The van der Waals surface area contributed by atoms with E-state index in [9.17, 15) is 4.79 Å². The van der Waals surface area contributed by atoms with E-state index in [1.165, 1.54) is 0 Å². The van der Waals surface area contributed by atoms with E-state index in [2.05, 4.69) is 0 Å². The molecule has 0 heterocycles. The van der Waals surface area contributed by atoms with Gasteiger partial charge in [-0.2, -0.15) is 0 Å². The predicted octanol–water partition coefficient (Wildman–Crippen LogP) is 1.71. The molecule has 0 saturated heterocycles. The molecule has 0 atom stereocenters. The zero-order valence-electron chi connectivity index (χ0n) is 5.50. The van der Waals surface area contributed by atoms with Crippen molar-refractivity contribution in [1.82, 2.24) is 0 Å². The summed E-state index contributed by atoms with van der Waals surface area (Å²) < 4.78 is 0. The number of hydrogen-bond donors (Lipinski definition) is 0. The molecule has 0 saturated carbocycles. The van der Waals surface area contributed by atoms with Crippen molar-refractivity contribution in [3.05, 3.63) is 24.3 Å². The van der Waals surface area contributed by atoms with E-state index >= 15 is 0 Å². The predicted molar refractivity (Wildman–Crippen MR) is 37.1 cm³/mol. The van der Waals surface area contributed by atoms with Crippen molar-refractivity contribution in [3.8, 4) is 0 Å². The molecule has 0 N–H and O–H groups in total. The van der Waals surface area contributed by atoms with E-state index < -0.39 is 0 Å². The SMILES string of the molecule is CC1(C=O)C=CCC=C1. The van der Waals surface area contributed by atoms with Crippen molar-refractivity contribution in [2.45, 2.75) is 13.3 Å². The van der Waals surface area contributed by atoms with Crippen LogP contribution in [-0.2, 0) is 4.79 Å². The van der Waals surface area contributed by atoms with Crippen LogP contribution in [0.25, 0.3) is 0 Å². The second kappa shape index (κ2) is 2.18. The first kappa shape index (κ1) is 6.27. The van der Waals surface area contributed by atoms with Gasteiger partial charge in [0.1, 0.15) is 6.29 Å². The summed E-state index contributed by atoms with van der Waals surface area (Å²) in [5.74, 6) is 0. The first-order valence-corrected chi connectivity index (χ1v) is 3.08. The van der Waals surface area contributed by atoms with Crippen molar-refractivity contribution in [1.29, 1.82) is 0 Å². The van der Waals surface area contributed by atoms with Crippen LogP contribution in [0.4, 0.5) is 0 Å². The minimum atomic E-state index is -0.321. The first-order valence-electron chi connectivity index (χ1n) is 3.08. The van der Waals surface area contributed by atoms with E-state index in [-0.39, 0.29) is 5.41 Å². The Labute approximate surface area is 55.1 Å². The number of rotatable bonds is 1. The molecule has 1 aliphatic rings. The summed E-state index contributed by atoms with van der Waals surface area (Å²) in [7, 11) is 0. The van der Waals surface area contributed by atoms with Gasteiger partial charge in [-0.25, -0.2) is 0 Å². The highest BCUT2D eigenvalue weighted by Gasteiger charge is 2.16. The van der Waals surface area contributed by atoms with Crippen molar-refractivity contribution in [3.63, 3.8) is 0 Å². The van der Waals surface area contributed by atoms with E-state index in [1.807, 2.05) is 31.2 Å². The van der Waals surface area contributed by atoms with Gasteiger partial charge in [0.25, 0.3) is 0 Å². The lowest BCUT2D eigenvalue weighted by Gasteiger charge is -2.14. The minimum Gasteiger partial charge on any atom is -0.302 e. The van der Waals surface area contributed by atoms with E-state index in [0.717, 1.165) is 12.7 Å². The lowest BCUT2D eigenvalue weighted by molar-refractivity contribution is -0.111. The van der Waals surface area contributed by atoms with Gasteiger partial charge in [0.15, 0.2) is 0 Å². The lowest BCUT2D eigenvalue weighted by Crippen LogP contribution is -2.12. The van der Waals surface area contributed by atoms with Crippen molar-refractivity contribution in [2.24, 2.45) is 5.41 Å². The van der Waals surface area contributed by atoms with Gasteiger partial charge in [-0.15, -0.1) is 0 Å². The van der Waals surface area contributed by atoms with Gasteiger partial charge >= 0.3 is 0 Å². The molecular formula is C8H10O. The highest BCUT2D eigenvalue weighted by Crippen LogP contribution is 2.20. The zero-order chi connectivity index (χ0) is 6.74. The maximum Gasteiger partial charge on any atom is 0.133 e. The molecule has 0 spiro atoms. The van der Waals surface area contributed by atoms with Gasteiger partial charge in [-0.05, 0) is 13.3 Å². The van der Waals surface area contributed by atoms with Crippen LogP contribution in [0.2, 0.25) is 0 Å². The molecule has 0 aromatic carbocycles. The van der Waals surface area contributed by atoms with Gasteiger partial charge in [-0.3, -0.25) is 0 Å². The van der Waals surface area contributed by atoms with Gasteiger partial charge in [0, 0.05) is 0 Å². The molecule has 0 fully saturated rings. The quantitative estimate of drug-likeness (QED) is 0.382. The smallest absolute Gasteiger partial charge is 0.133 e. The summed E-state index contributed by atoms with van der Waals surface area (Å²) in [6, 6.07) is 0. The third-order valence-electron chi connectivity index (χ3n) is 1.48. The largest absolute Gasteiger partial charge is 0.302 e. The summed E-state index contributed by atoms with van der Waals surface area (Å²) in [6.45, 7) is 1.90. The van der Waals surface area contributed by atoms with Crippen LogP contribution < -0.4 is 0 Å². The summed E-state index contributed by atoms with van der Waals surface area (Å²) in [5, 5.41) is 0. The van der Waals surface area contributed by atoms with Crippen LogP contribution in [0.3, 0.4) is 0 Å². The Bertz CT molecular complexity index is 153. The van der Waals surface area contributed by atoms with Crippen molar-refractivity contribution in [2.75, 3.05) is 0 Å². The van der Waals surface area contributed by atoms with Crippen LogP contribution in [0, 0.1) is 5.41 Å². The van der Waals surface area contributed by atoms with Crippen LogP contribution >= 0.6 is 0 Å². The number of carbonyl (C=O) groups is 1. The van der Waals surface area contributed by atoms with Gasteiger partial charge < -0.3 is 4.79 Å². The van der Waals surface area contributed by atoms with Crippen LogP contribution in [0.1, 0.15) is 13.3 Å². The molecule has 48 valence electrons. The fourth-order valence-corrected chi connectivity index (χ4v) is 0.857. The molecule has 0 aromatic rings. The molecule has 0 aromatic heterocycles. The van der Waals surface area contributed by atoms with Crippen LogP contribution in [-0.4, -0.2) is 6.29 Å². The third-order valence-corrected chi connectivity index (χ3v) is 1.48. The van der Waals surface area contributed by atoms with Crippen LogP contribution in [0.5, 0.6) is 0 Å². The molecule has 0 radical (unpaired) electrons. The normalized spacial score (nSPS) is 21.9. The fraction of sp³-hybridized carbons (Fsp3) is 0.375. The molecule has 0 aliphatic heterocycles. The molecule has 0 bridgehead atoms. The Hall–Kier alpha value is -0.850. The highest BCUT2D eigenvalue weighted by molar-refractivity contribution is 5.66. The van der Waals surface area contributed by atoms with E-state index in [4.69, 9.17) is 0 Å². The zero-order valence-corrected chi connectivity index (χ0v) is 5.50. The van der Waals surface area contributed by atoms with Crippen molar-refractivity contribution < 1.29 is 4.79 Å². The molecule has 1 nitrogen and oxygen atoms in total. The average Bonchev–Trinajstić information content (AvgIpc) is 1.90. The topological polar surface area (TPSA) is 17.1 Å². The minimum absolute atomic E-state index is 0.321. The van der Waals surface area contributed by atoms with Gasteiger partial charge in [0.05, 0.1) is 5.41 Å². The second-order valence-corrected chi connectivity index (χ2v) is 2.52. The first-order chi connectivity index (χ1) is 4.27.